The molecule has 2 aromatic carbocycles. The smallest absolute Gasteiger partial charge is 0.263 e. The van der Waals surface area contributed by atoms with Gasteiger partial charge >= 0.3 is 0 Å². The van der Waals surface area contributed by atoms with Gasteiger partial charge in [-0.3, -0.25) is 9.36 Å². The van der Waals surface area contributed by atoms with Crippen molar-refractivity contribution in [2.45, 2.75) is 58.0 Å². The third-order valence-electron chi connectivity index (χ3n) is 6.05. The number of aromatic nitrogens is 2. The predicted molar refractivity (Wildman–Crippen MR) is 139 cm³/mol. The van der Waals surface area contributed by atoms with Crippen molar-refractivity contribution in [1.82, 2.24) is 9.55 Å². The van der Waals surface area contributed by atoms with Crippen LogP contribution in [0.2, 0.25) is 0 Å². The highest BCUT2D eigenvalue weighted by Gasteiger charge is 2.26. The second-order valence-corrected chi connectivity index (χ2v) is 11.3. The van der Waals surface area contributed by atoms with E-state index in [1.54, 1.807) is 15.9 Å². The fourth-order valence-electron chi connectivity index (χ4n) is 4.25. The number of thioether (sulfide) groups is 1. The molecule has 0 N–H and O–H groups in total. The van der Waals surface area contributed by atoms with Crippen LogP contribution in [-0.2, 0) is 23.6 Å². The fourth-order valence-corrected chi connectivity index (χ4v) is 6.29. The lowest BCUT2D eigenvalue weighted by Gasteiger charge is -2.28. The molecule has 182 valence electrons. The third-order valence-corrected chi connectivity index (χ3v) is 8.18. The first kappa shape index (κ1) is 24.0. The van der Waals surface area contributed by atoms with Gasteiger partial charge in [-0.25, -0.2) is 9.37 Å². The van der Waals surface area contributed by atoms with Crippen LogP contribution in [0.3, 0.4) is 0 Å². The zero-order chi connectivity index (χ0) is 24.7. The molecule has 1 aliphatic heterocycles. The van der Waals surface area contributed by atoms with Crippen molar-refractivity contribution >= 4 is 33.3 Å². The molecule has 2 aromatic heterocycles. The molecule has 0 aliphatic carbocycles. The lowest BCUT2D eigenvalue weighted by atomic mass is 10.1. The first-order valence-corrected chi connectivity index (χ1v) is 13.4. The van der Waals surface area contributed by atoms with Gasteiger partial charge in [0, 0.05) is 33.9 Å². The number of hydrogen-bond acceptors (Lipinski definition) is 6. The Bertz CT molecular complexity index is 1450. The zero-order valence-electron chi connectivity index (χ0n) is 20.1. The van der Waals surface area contributed by atoms with E-state index in [1.165, 1.54) is 23.9 Å². The normalized spacial score (nSPS) is 15.4. The average molecular weight is 511 g/mol. The lowest BCUT2D eigenvalue weighted by molar-refractivity contribution is -0.112. The van der Waals surface area contributed by atoms with Crippen molar-refractivity contribution in [3.63, 3.8) is 0 Å². The molecule has 5 nitrogen and oxygen atoms in total. The van der Waals surface area contributed by atoms with Crippen LogP contribution in [0, 0.1) is 25.6 Å². The summed E-state index contributed by atoms with van der Waals surface area (Å²) in [5, 5.41) is 1.34. The number of hydrogen-bond donors (Lipinski definition) is 0. The van der Waals surface area contributed by atoms with Crippen molar-refractivity contribution < 1.29 is 13.9 Å². The molecular weight excluding hydrogens is 483 g/mol. The number of aryl methyl sites for hydroxylation is 2. The summed E-state index contributed by atoms with van der Waals surface area (Å²) in [4.78, 5) is 20.2. The van der Waals surface area contributed by atoms with Crippen LogP contribution >= 0.6 is 23.1 Å². The Hall–Kier alpha value is -2.68. The summed E-state index contributed by atoms with van der Waals surface area (Å²) in [6.07, 6.45) is -0.552. The minimum Gasteiger partial charge on any atom is -0.460 e. The van der Waals surface area contributed by atoms with E-state index in [2.05, 4.69) is 13.8 Å². The molecule has 0 saturated carbocycles. The van der Waals surface area contributed by atoms with Crippen LogP contribution in [0.15, 0.2) is 52.4 Å². The first-order valence-electron chi connectivity index (χ1n) is 11.6. The average Bonchev–Trinajstić information content (AvgIpc) is 3.12. The molecule has 35 heavy (non-hydrogen) atoms. The van der Waals surface area contributed by atoms with Crippen molar-refractivity contribution in [2.24, 2.45) is 5.92 Å². The van der Waals surface area contributed by atoms with E-state index in [9.17, 15) is 9.18 Å². The molecule has 3 heterocycles. The van der Waals surface area contributed by atoms with Gasteiger partial charge in [-0.15, -0.1) is 11.3 Å². The van der Waals surface area contributed by atoms with Crippen molar-refractivity contribution in [1.29, 1.82) is 0 Å². The molecule has 0 saturated heterocycles. The molecule has 0 bridgehead atoms. The summed E-state index contributed by atoms with van der Waals surface area (Å²) < 4.78 is 28.3. The number of nitrogens with zero attached hydrogens (tertiary/aromatic N) is 2. The summed E-state index contributed by atoms with van der Waals surface area (Å²) in [5.74, 6) is 0.999. The maximum absolute atomic E-state index is 14.5. The quantitative estimate of drug-likeness (QED) is 0.212. The monoisotopic (exact) mass is 510 g/mol. The van der Waals surface area contributed by atoms with E-state index in [0.29, 0.717) is 34.2 Å². The van der Waals surface area contributed by atoms with Crippen molar-refractivity contribution in [3.8, 4) is 5.75 Å². The maximum Gasteiger partial charge on any atom is 0.263 e. The predicted octanol–water partition coefficient (Wildman–Crippen LogP) is 6.77. The van der Waals surface area contributed by atoms with Gasteiger partial charge < -0.3 is 9.47 Å². The molecule has 0 unspecified atom stereocenters. The standard InChI is InChI=1S/C27H27FN2O3S2/c1-15(2)12-30-25(31)22-16(3)17(4)35-24(22)29-27(30)34-14-20-11-21(28)10-19-13-32-26(33-23(19)20)18-8-6-5-7-9-18/h5-11,15,26H,12-14H2,1-4H3/t26-/m0/s1. The topological polar surface area (TPSA) is 53.4 Å². The summed E-state index contributed by atoms with van der Waals surface area (Å²) >= 11 is 2.98. The van der Waals surface area contributed by atoms with Gasteiger partial charge in [-0.1, -0.05) is 55.9 Å². The Morgan fingerprint density at radius 2 is 2.00 bits per heavy atom. The molecule has 0 spiro atoms. The van der Waals surface area contributed by atoms with Gasteiger partial charge in [-0.05, 0) is 37.5 Å². The van der Waals surface area contributed by atoms with E-state index >= 15 is 0 Å². The molecule has 8 heteroatoms. The van der Waals surface area contributed by atoms with Crippen LogP contribution in [0.25, 0.3) is 10.2 Å². The van der Waals surface area contributed by atoms with E-state index in [-0.39, 0.29) is 23.9 Å². The number of thiophene rings is 1. The zero-order valence-corrected chi connectivity index (χ0v) is 21.8. The Balaban J connectivity index is 1.50. The molecule has 1 aliphatic rings. The highest BCUT2D eigenvalue weighted by Crippen LogP contribution is 2.39. The Labute approximate surface area is 211 Å². The number of halogens is 1. The van der Waals surface area contributed by atoms with Crippen LogP contribution < -0.4 is 10.3 Å². The van der Waals surface area contributed by atoms with Crippen LogP contribution in [0.4, 0.5) is 4.39 Å². The van der Waals surface area contributed by atoms with Crippen LogP contribution in [0.1, 0.15) is 47.3 Å². The second-order valence-electron chi connectivity index (χ2n) is 9.18. The third kappa shape index (κ3) is 4.75. The van der Waals surface area contributed by atoms with Crippen LogP contribution in [0.5, 0.6) is 5.75 Å². The van der Waals surface area contributed by atoms with Crippen LogP contribution in [-0.4, -0.2) is 9.55 Å². The fraction of sp³-hybridized carbons (Fsp3) is 0.333. The maximum atomic E-state index is 14.5. The second kappa shape index (κ2) is 9.76. The number of rotatable bonds is 6. The summed E-state index contributed by atoms with van der Waals surface area (Å²) in [7, 11) is 0. The molecule has 0 fully saturated rings. The van der Waals surface area contributed by atoms with Gasteiger partial charge in [0.1, 0.15) is 16.4 Å². The highest BCUT2D eigenvalue weighted by molar-refractivity contribution is 7.98. The first-order chi connectivity index (χ1) is 16.8. The van der Waals surface area contributed by atoms with E-state index in [0.717, 1.165) is 26.4 Å². The molecule has 1 atom stereocenters. The largest absolute Gasteiger partial charge is 0.460 e. The Kier molecular flexibility index (Phi) is 6.70. The minimum absolute atomic E-state index is 0.0110. The number of ether oxygens (including phenoxy) is 2. The number of fused-ring (bicyclic) bond motifs is 2. The summed E-state index contributed by atoms with van der Waals surface area (Å²) in [5.41, 5.74) is 3.29. The SMILES string of the molecule is Cc1sc2nc(SCc3cc(F)cc4c3O[C@@H](c3ccccc3)OC4)n(CC(C)C)c(=O)c2c1C. The van der Waals surface area contributed by atoms with E-state index < -0.39 is 6.29 Å². The van der Waals surface area contributed by atoms with E-state index in [1.807, 2.05) is 44.2 Å². The van der Waals surface area contributed by atoms with E-state index in [4.69, 9.17) is 14.5 Å². The summed E-state index contributed by atoms with van der Waals surface area (Å²) in [6, 6.07) is 12.7. The van der Waals surface area contributed by atoms with Gasteiger partial charge in [0.25, 0.3) is 5.56 Å². The minimum atomic E-state index is -0.552. The van der Waals surface area contributed by atoms with Gasteiger partial charge in [0.2, 0.25) is 6.29 Å². The Morgan fingerprint density at radius 3 is 2.74 bits per heavy atom. The molecule has 5 rings (SSSR count). The van der Waals surface area contributed by atoms with Gasteiger partial charge in [0.05, 0.1) is 12.0 Å². The van der Waals surface area contributed by atoms with Gasteiger partial charge in [-0.2, -0.15) is 0 Å². The molecule has 4 aromatic rings. The number of benzene rings is 2. The molecule has 0 radical (unpaired) electrons. The van der Waals surface area contributed by atoms with Crippen molar-refractivity contribution in [2.75, 3.05) is 0 Å². The van der Waals surface area contributed by atoms with Crippen molar-refractivity contribution in [3.05, 3.63) is 85.8 Å². The van der Waals surface area contributed by atoms with Gasteiger partial charge in [0.15, 0.2) is 5.16 Å². The highest BCUT2D eigenvalue weighted by atomic mass is 32.2. The summed E-state index contributed by atoms with van der Waals surface area (Å²) in [6.45, 7) is 8.99. The Morgan fingerprint density at radius 1 is 1.23 bits per heavy atom. The molecule has 0 amide bonds. The lowest BCUT2D eigenvalue weighted by Crippen LogP contribution is -2.25. The molecular formula is C27H27FN2O3S2.